The minimum atomic E-state index is -1.19. The Balaban J connectivity index is 6.20. The Kier molecular flexibility index (Phi) is 36.2. The molecule has 0 heterocycles. The number of aliphatic imine (C=N–C) groups is 2. The van der Waals surface area contributed by atoms with Crippen molar-refractivity contribution in [2.75, 3.05) is 33.3 Å². The van der Waals surface area contributed by atoms with Crippen molar-refractivity contribution in [2.24, 2.45) is 56.4 Å². The molecular weight excluding hydrogens is 957 g/mol. The van der Waals surface area contributed by atoms with E-state index in [1.165, 1.54) is 13.5 Å². The number of hydrogen-bond donors (Lipinski definition) is 12. The number of unbranched alkanes of at least 4 members (excludes halogenated alkanes) is 7. The molecule has 0 rings (SSSR count). The van der Waals surface area contributed by atoms with E-state index in [1.807, 2.05) is 6.92 Å². The van der Waals surface area contributed by atoms with Gasteiger partial charge < -0.3 is 70.6 Å². The van der Waals surface area contributed by atoms with E-state index >= 15 is 0 Å². The molecule has 0 spiro atoms. The van der Waals surface area contributed by atoms with Crippen molar-refractivity contribution in [3.05, 3.63) is 0 Å². The maximum Gasteiger partial charge on any atom is 0.328 e. The topological polar surface area (TPSA) is 402 Å². The summed E-state index contributed by atoms with van der Waals surface area (Å²) in [6.07, 6.45) is 9.06. The second-order valence-corrected chi connectivity index (χ2v) is 19.5. The highest BCUT2D eigenvalue weighted by Gasteiger charge is 2.34. The molecule has 74 heavy (non-hydrogen) atoms. The molecule has 0 radical (unpaired) electrons. The zero-order chi connectivity index (χ0) is 56.2. The van der Waals surface area contributed by atoms with Crippen LogP contribution in [0.1, 0.15) is 164 Å². The van der Waals surface area contributed by atoms with Gasteiger partial charge in [0, 0.05) is 32.4 Å². The Morgan fingerprint density at radius 3 is 1.51 bits per heavy atom. The highest BCUT2D eigenvalue weighted by Crippen LogP contribution is 2.13. The Morgan fingerprint density at radius 1 is 0.486 bits per heavy atom. The van der Waals surface area contributed by atoms with Crippen LogP contribution in [0.25, 0.3) is 0 Å². The lowest BCUT2D eigenvalue weighted by Crippen LogP contribution is -2.59. The lowest BCUT2D eigenvalue weighted by molar-refractivity contribution is -0.146. The van der Waals surface area contributed by atoms with E-state index in [0.29, 0.717) is 38.6 Å². The number of hydrogen-bond acceptors (Lipinski definition) is 13. The molecule has 0 aromatic carbocycles. The summed E-state index contributed by atoms with van der Waals surface area (Å²) in [7, 11) is 1.21. The Morgan fingerprint density at radius 2 is 0.973 bits per heavy atom. The van der Waals surface area contributed by atoms with E-state index in [9.17, 15) is 43.2 Å². The number of guanidine groups is 2. The number of carbonyl (C=O) groups excluding carboxylic acids is 9. The molecule has 0 aromatic rings. The average Bonchev–Trinajstić information content (AvgIpc) is 3.35. The van der Waals surface area contributed by atoms with Gasteiger partial charge in [-0.1, -0.05) is 93.4 Å². The fourth-order valence-electron chi connectivity index (χ4n) is 7.67. The van der Waals surface area contributed by atoms with E-state index in [4.69, 9.17) is 33.4 Å². The van der Waals surface area contributed by atoms with Crippen LogP contribution in [0.4, 0.5) is 0 Å². The molecule has 0 aliphatic rings. The number of ketones is 1. The number of carbonyl (C=O) groups is 9. The standard InChI is InChI=1S/C50H94N14O10/c1-9-11-12-13-14-15-16-24-38(66)59-35(23-20-29-57-50(54)55)45(70)64-42(32(5)6)47(72)61-36(21-17-18-27-51)44(69)60-34(22-19-28-56-49(52)53)37(65)25-26-39(67)62-41(31(3)4)46(71)58-30-40(68)63-43(33(7)10-2)48(73)74-8/h31-36,41-43H,9-30,51H2,1-8H3,(H,58,71)(H,59,66)(H,60,69)(H,61,72)(H,62,67)(H,63,68)(H,64,70)(H4,52,53,56)(H4,54,55,57)/t33-,34-,35-,36-,41-,42-,43-/m0/s1. The van der Waals surface area contributed by atoms with Crippen molar-refractivity contribution >= 4 is 65.0 Å². The first-order valence-electron chi connectivity index (χ1n) is 26.5. The number of amides is 7. The molecule has 0 unspecified atom stereocenters. The normalized spacial score (nSPS) is 13.9. The molecular formula is C50H94N14O10. The Hall–Kier alpha value is -6.07. The molecule has 0 saturated heterocycles. The van der Waals surface area contributed by atoms with Gasteiger partial charge >= 0.3 is 5.97 Å². The molecule has 24 heteroatoms. The zero-order valence-electron chi connectivity index (χ0n) is 45.6. The molecule has 24 nitrogen and oxygen atoms in total. The third kappa shape index (κ3) is 30.2. The summed E-state index contributed by atoms with van der Waals surface area (Å²) in [6, 6.07) is -6.52. The van der Waals surface area contributed by atoms with Gasteiger partial charge in [-0.05, 0) is 75.7 Å². The van der Waals surface area contributed by atoms with Crippen molar-refractivity contribution in [3.8, 4) is 0 Å². The summed E-state index contributed by atoms with van der Waals surface area (Å²) < 4.78 is 4.80. The fraction of sp³-hybridized carbons (Fsp3) is 0.780. The maximum atomic E-state index is 14.1. The molecule has 0 fully saturated rings. The van der Waals surface area contributed by atoms with Crippen LogP contribution in [0.2, 0.25) is 0 Å². The second-order valence-electron chi connectivity index (χ2n) is 19.5. The second kappa shape index (κ2) is 39.4. The van der Waals surface area contributed by atoms with Crippen molar-refractivity contribution in [1.29, 1.82) is 0 Å². The predicted molar refractivity (Wildman–Crippen MR) is 285 cm³/mol. The van der Waals surface area contributed by atoms with Gasteiger partial charge in [0.2, 0.25) is 41.4 Å². The number of nitrogens with one attached hydrogen (secondary N) is 7. The van der Waals surface area contributed by atoms with Crippen molar-refractivity contribution in [3.63, 3.8) is 0 Å². The van der Waals surface area contributed by atoms with Gasteiger partial charge in [0.15, 0.2) is 17.7 Å². The first-order valence-corrected chi connectivity index (χ1v) is 26.5. The summed E-state index contributed by atoms with van der Waals surface area (Å²) in [5.41, 5.74) is 27.8. The predicted octanol–water partition coefficient (Wildman–Crippen LogP) is 0.269. The van der Waals surface area contributed by atoms with Gasteiger partial charge in [0.25, 0.3) is 0 Å². The van der Waals surface area contributed by atoms with Crippen LogP contribution in [0.5, 0.6) is 0 Å². The summed E-state index contributed by atoms with van der Waals surface area (Å²) in [5, 5.41) is 18.8. The third-order valence-corrected chi connectivity index (χ3v) is 12.4. The van der Waals surface area contributed by atoms with Gasteiger partial charge in [-0.2, -0.15) is 0 Å². The minimum absolute atomic E-state index is 0.0549. The van der Waals surface area contributed by atoms with Gasteiger partial charge in [-0.3, -0.25) is 48.3 Å². The number of ether oxygens (including phenoxy) is 1. The maximum absolute atomic E-state index is 14.1. The number of nitrogens with two attached hydrogens (primary N) is 5. The molecule has 17 N–H and O–H groups in total. The van der Waals surface area contributed by atoms with Gasteiger partial charge in [0.1, 0.15) is 30.2 Å². The van der Waals surface area contributed by atoms with Crippen molar-refractivity contribution in [2.45, 2.75) is 200 Å². The molecule has 424 valence electrons. The first-order chi connectivity index (χ1) is 35.0. The largest absolute Gasteiger partial charge is 0.467 e. The van der Waals surface area contributed by atoms with Gasteiger partial charge in [-0.25, -0.2) is 4.79 Å². The summed E-state index contributed by atoms with van der Waals surface area (Å²) >= 11 is 0. The molecule has 7 amide bonds. The monoisotopic (exact) mass is 1050 g/mol. The SMILES string of the molecule is CCCCCCCCCC(=O)N[C@@H](CCCN=C(N)N)C(=O)N[C@H](C(=O)N[C@@H](CCCCN)C(=O)N[C@@H](CCCN=C(N)N)C(=O)CCC(=O)N[C@H](C(=O)NCC(=O)N[C@H](C(=O)OC)[C@@H](C)CC)C(C)C)C(C)C. The van der Waals surface area contributed by atoms with Gasteiger partial charge in [-0.15, -0.1) is 0 Å². The smallest absolute Gasteiger partial charge is 0.328 e. The van der Waals surface area contributed by atoms with Crippen LogP contribution in [-0.4, -0.2) is 135 Å². The number of esters is 1. The third-order valence-electron chi connectivity index (χ3n) is 12.4. The molecule has 0 aliphatic heterocycles. The number of Topliss-reactive ketones (excluding diaryl/α,β-unsaturated/α-hetero) is 1. The Labute approximate surface area is 439 Å². The van der Waals surface area contributed by atoms with E-state index in [0.717, 1.165) is 32.1 Å². The Bertz CT molecular complexity index is 1810. The first kappa shape index (κ1) is 67.9. The number of rotatable bonds is 41. The van der Waals surface area contributed by atoms with Gasteiger partial charge in [0.05, 0.1) is 19.7 Å². The van der Waals surface area contributed by atoms with Crippen LogP contribution in [0.15, 0.2) is 9.98 Å². The molecule has 7 atom stereocenters. The molecule has 0 aromatic heterocycles. The van der Waals surface area contributed by atoms with Crippen molar-refractivity contribution < 1.29 is 47.9 Å². The molecule has 0 saturated carbocycles. The lowest BCUT2D eigenvalue weighted by Gasteiger charge is -2.28. The highest BCUT2D eigenvalue weighted by molar-refractivity contribution is 5.97. The fourth-order valence-corrected chi connectivity index (χ4v) is 7.67. The van der Waals surface area contributed by atoms with Crippen LogP contribution in [0, 0.1) is 17.8 Å². The molecule has 0 aliphatic carbocycles. The van der Waals surface area contributed by atoms with E-state index in [-0.39, 0.29) is 81.8 Å². The minimum Gasteiger partial charge on any atom is -0.467 e. The quantitative estimate of drug-likeness (QED) is 0.0169. The molecule has 0 bridgehead atoms. The van der Waals surface area contributed by atoms with Crippen LogP contribution >= 0.6 is 0 Å². The zero-order valence-corrected chi connectivity index (χ0v) is 45.6. The van der Waals surface area contributed by atoms with Crippen LogP contribution in [0.3, 0.4) is 0 Å². The van der Waals surface area contributed by atoms with Crippen LogP contribution in [-0.2, 0) is 47.9 Å². The van der Waals surface area contributed by atoms with E-state index in [1.54, 1.807) is 34.6 Å². The highest BCUT2D eigenvalue weighted by atomic mass is 16.5. The number of nitrogens with zero attached hydrogens (tertiary/aromatic N) is 2. The van der Waals surface area contributed by atoms with Crippen molar-refractivity contribution in [1.82, 2.24) is 37.2 Å². The average molecular weight is 1050 g/mol. The lowest BCUT2D eigenvalue weighted by atomic mass is 9.99. The van der Waals surface area contributed by atoms with E-state index < -0.39 is 102 Å². The summed E-state index contributed by atoms with van der Waals surface area (Å²) in [6.45, 7) is 12.7. The summed E-state index contributed by atoms with van der Waals surface area (Å²) in [5.74, 6) is -6.84. The number of methoxy groups -OCH3 is 1. The van der Waals surface area contributed by atoms with Crippen LogP contribution < -0.4 is 65.9 Å². The van der Waals surface area contributed by atoms with E-state index in [2.05, 4.69) is 54.1 Å². The summed E-state index contributed by atoms with van der Waals surface area (Å²) in [4.78, 5) is 128.